The predicted octanol–water partition coefficient (Wildman–Crippen LogP) is 2.20. The molecule has 2 unspecified atom stereocenters. The van der Waals surface area contributed by atoms with Crippen LogP contribution in [0.15, 0.2) is 30.6 Å². The first-order valence-electron chi connectivity index (χ1n) is 12.9. The molecule has 1 saturated carbocycles. The normalized spacial score (nSPS) is 21.8. The summed E-state index contributed by atoms with van der Waals surface area (Å²) in [6.45, 7) is 2.69. The van der Waals surface area contributed by atoms with E-state index in [0.29, 0.717) is 36.1 Å². The molecule has 3 aromatic rings. The zero-order valence-electron chi connectivity index (χ0n) is 21.2. The molecule has 5 heterocycles. The largest absolute Gasteiger partial charge is 0.369 e. The lowest BCUT2D eigenvalue weighted by Crippen LogP contribution is -2.59. The lowest BCUT2D eigenvalue weighted by molar-refractivity contribution is -0.0930. The van der Waals surface area contributed by atoms with Gasteiger partial charge in [0.25, 0.3) is 11.8 Å². The van der Waals surface area contributed by atoms with E-state index in [1.54, 1.807) is 43.5 Å². The van der Waals surface area contributed by atoms with Crippen molar-refractivity contribution >= 4 is 34.6 Å². The van der Waals surface area contributed by atoms with Gasteiger partial charge in [0.1, 0.15) is 17.2 Å². The molecule has 2 aliphatic heterocycles. The first-order valence-corrected chi connectivity index (χ1v) is 12.9. The number of hydrogen-bond acceptors (Lipinski definition) is 8. The monoisotopic (exact) mass is 504 g/mol. The van der Waals surface area contributed by atoms with Crippen LogP contribution in [0.4, 0.5) is 11.8 Å². The third-order valence-corrected chi connectivity index (χ3v) is 7.41. The summed E-state index contributed by atoms with van der Waals surface area (Å²) in [7, 11) is 3.53. The van der Waals surface area contributed by atoms with Crippen LogP contribution in [0.5, 0.6) is 0 Å². The first kappa shape index (κ1) is 23.8. The summed E-state index contributed by atoms with van der Waals surface area (Å²) in [6.07, 6.45) is 7.75. The minimum Gasteiger partial charge on any atom is -0.369 e. The highest BCUT2D eigenvalue weighted by atomic mass is 16.5. The van der Waals surface area contributed by atoms with E-state index in [1.165, 1.54) is 0 Å². The predicted molar refractivity (Wildman–Crippen MR) is 138 cm³/mol. The van der Waals surface area contributed by atoms with E-state index < -0.39 is 0 Å². The molecule has 2 saturated heterocycles. The fraction of sp³-hybridized carbons (Fsp3) is 0.500. The molecule has 3 aliphatic rings. The molecule has 2 N–H and O–H groups in total. The molecule has 2 atom stereocenters. The van der Waals surface area contributed by atoms with Gasteiger partial charge in [0.05, 0.1) is 17.8 Å². The summed E-state index contributed by atoms with van der Waals surface area (Å²) in [5.74, 6) is 0.863. The van der Waals surface area contributed by atoms with Gasteiger partial charge >= 0.3 is 0 Å². The van der Waals surface area contributed by atoms with Crippen LogP contribution in [0.2, 0.25) is 0 Å². The van der Waals surface area contributed by atoms with E-state index in [0.717, 1.165) is 49.8 Å². The van der Waals surface area contributed by atoms with E-state index >= 15 is 0 Å². The second-order valence-electron chi connectivity index (χ2n) is 10.3. The van der Waals surface area contributed by atoms with Crippen molar-refractivity contribution in [3.05, 3.63) is 41.9 Å². The molecule has 0 spiro atoms. The molecular formula is C26H32N8O3. The van der Waals surface area contributed by atoms with Crippen LogP contribution >= 0.6 is 0 Å². The number of nitrogens with one attached hydrogen (secondary N) is 2. The number of pyridine rings is 1. The Balaban J connectivity index is 1.22. The number of aromatic nitrogens is 4. The van der Waals surface area contributed by atoms with Crippen molar-refractivity contribution in [2.45, 2.75) is 43.9 Å². The fourth-order valence-electron chi connectivity index (χ4n) is 5.61. The Kier molecular flexibility index (Phi) is 6.25. The molecule has 3 fully saturated rings. The molecule has 6 rings (SSSR count). The second-order valence-corrected chi connectivity index (χ2v) is 10.3. The summed E-state index contributed by atoms with van der Waals surface area (Å²) in [5.41, 5.74) is 1.92. The molecular weight excluding hydrogens is 472 g/mol. The van der Waals surface area contributed by atoms with Crippen molar-refractivity contribution in [2.24, 2.45) is 0 Å². The number of carbonyl (C=O) groups excluding carboxylic acids is 2. The van der Waals surface area contributed by atoms with E-state index in [-0.39, 0.29) is 30.1 Å². The fourth-order valence-corrected chi connectivity index (χ4v) is 5.61. The van der Waals surface area contributed by atoms with Crippen LogP contribution in [0, 0.1) is 0 Å². The third-order valence-electron chi connectivity index (χ3n) is 7.41. The standard InChI is InChI=1S/C26H32N8O3/c1-32(2)25(36)21-9-17-11-29-26(31-23(17)34(21)18-5-3-4-6-18)30-22-8-7-16(10-28-22)24(35)33-14-19-12-27-13-20(15-33)37-19/h7-11,18-20,27H,3-6,12-15H2,1-2H3,(H,28,29,30,31). The number of nitrogens with zero attached hydrogens (tertiary/aromatic N) is 6. The van der Waals surface area contributed by atoms with Crippen molar-refractivity contribution in [1.29, 1.82) is 0 Å². The molecule has 0 radical (unpaired) electrons. The van der Waals surface area contributed by atoms with Gasteiger partial charge in [0.15, 0.2) is 0 Å². The Morgan fingerprint density at radius 1 is 1.08 bits per heavy atom. The van der Waals surface area contributed by atoms with Gasteiger partial charge in [-0.25, -0.2) is 9.97 Å². The Morgan fingerprint density at radius 3 is 2.51 bits per heavy atom. The zero-order valence-corrected chi connectivity index (χ0v) is 21.2. The molecule has 2 amide bonds. The number of morpholine rings is 2. The number of anilines is 2. The quantitative estimate of drug-likeness (QED) is 0.543. The van der Waals surface area contributed by atoms with Crippen molar-refractivity contribution in [3.8, 4) is 0 Å². The lowest BCUT2D eigenvalue weighted by atomic mass is 10.1. The summed E-state index contributed by atoms with van der Waals surface area (Å²) < 4.78 is 7.99. The van der Waals surface area contributed by atoms with Gasteiger partial charge in [-0.15, -0.1) is 0 Å². The SMILES string of the molecule is CN(C)C(=O)c1cc2cnc(Nc3ccc(C(=O)N4CC5CNCC(C4)O5)cn3)nc2n1C1CCCC1. The maximum Gasteiger partial charge on any atom is 0.270 e. The van der Waals surface area contributed by atoms with Gasteiger partial charge in [0.2, 0.25) is 5.95 Å². The number of carbonyl (C=O) groups is 2. The third kappa shape index (κ3) is 4.64. The van der Waals surface area contributed by atoms with E-state index in [2.05, 4.69) is 25.2 Å². The number of rotatable bonds is 5. The topological polar surface area (TPSA) is 118 Å². The van der Waals surface area contributed by atoms with Crippen molar-refractivity contribution in [2.75, 3.05) is 45.6 Å². The summed E-state index contributed by atoms with van der Waals surface area (Å²) >= 11 is 0. The van der Waals surface area contributed by atoms with Gasteiger partial charge in [-0.3, -0.25) is 9.59 Å². The lowest BCUT2D eigenvalue weighted by Gasteiger charge is -2.41. The Labute approximate surface area is 215 Å². The zero-order chi connectivity index (χ0) is 25.5. The van der Waals surface area contributed by atoms with Crippen LogP contribution < -0.4 is 10.6 Å². The highest BCUT2D eigenvalue weighted by Gasteiger charge is 2.33. The van der Waals surface area contributed by atoms with Crippen LogP contribution in [-0.4, -0.2) is 93.6 Å². The highest BCUT2D eigenvalue weighted by Crippen LogP contribution is 2.35. The van der Waals surface area contributed by atoms with Gasteiger partial charge < -0.3 is 29.7 Å². The molecule has 11 heteroatoms. The minimum absolute atomic E-state index is 0.0362. The Hall–Kier alpha value is -3.57. The summed E-state index contributed by atoms with van der Waals surface area (Å²) in [4.78, 5) is 43.1. The van der Waals surface area contributed by atoms with Gasteiger partial charge in [-0.1, -0.05) is 12.8 Å². The number of fused-ring (bicyclic) bond motifs is 3. The smallest absolute Gasteiger partial charge is 0.270 e. The molecule has 2 bridgehead atoms. The summed E-state index contributed by atoms with van der Waals surface area (Å²) in [6, 6.07) is 5.67. The molecule has 1 aliphatic carbocycles. The van der Waals surface area contributed by atoms with E-state index in [4.69, 9.17) is 9.72 Å². The highest BCUT2D eigenvalue weighted by molar-refractivity contribution is 5.98. The number of ether oxygens (including phenoxy) is 1. The van der Waals surface area contributed by atoms with Crippen LogP contribution in [0.3, 0.4) is 0 Å². The van der Waals surface area contributed by atoms with Crippen molar-refractivity contribution in [3.63, 3.8) is 0 Å². The van der Waals surface area contributed by atoms with Crippen LogP contribution in [-0.2, 0) is 4.74 Å². The molecule has 11 nitrogen and oxygen atoms in total. The minimum atomic E-state index is -0.0403. The molecule has 0 aromatic carbocycles. The molecule has 194 valence electrons. The van der Waals surface area contributed by atoms with Gasteiger partial charge in [-0.2, -0.15) is 4.98 Å². The van der Waals surface area contributed by atoms with Crippen molar-refractivity contribution in [1.82, 2.24) is 34.6 Å². The maximum atomic E-state index is 13.0. The van der Waals surface area contributed by atoms with Gasteiger partial charge in [0, 0.05) is 64.1 Å². The van der Waals surface area contributed by atoms with E-state index in [9.17, 15) is 9.59 Å². The average Bonchev–Trinajstić information content (AvgIpc) is 3.55. The maximum absolute atomic E-state index is 13.0. The first-order chi connectivity index (χ1) is 18.0. The van der Waals surface area contributed by atoms with Gasteiger partial charge in [-0.05, 0) is 31.0 Å². The average molecular weight is 505 g/mol. The second kappa shape index (κ2) is 9.71. The Bertz CT molecular complexity index is 1300. The van der Waals surface area contributed by atoms with Crippen molar-refractivity contribution < 1.29 is 14.3 Å². The Morgan fingerprint density at radius 2 is 1.84 bits per heavy atom. The molecule has 37 heavy (non-hydrogen) atoms. The van der Waals surface area contributed by atoms with Crippen LogP contribution in [0.25, 0.3) is 11.0 Å². The number of amides is 2. The molecule has 3 aromatic heterocycles. The van der Waals surface area contributed by atoms with E-state index in [1.807, 2.05) is 11.0 Å². The van der Waals surface area contributed by atoms with Crippen LogP contribution in [0.1, 0.15) is 52.6 Å². The number of hydrogen-bond donors (Lipinski definition) is 2. The summed E-state index contributed by atoms with van der Waals surface area (Å²) in [5, 5.41) is 7.34.